The highest BCUT2D eigenvalue weighted by molar-refractivity contribution is 5.93. The number of fused-ring (bicyclic) bond motifs is 1. The number of ether oxygens (including phenoxy) is 6. The van der Waals surface area contributed by atoms with Gasteiger partial charge in [0.25, 0.3) is 0 Å². The van der Waals surface area contributed by atoms with Gasteiger partial charge in [-0.15, -0.1) is 0 Å². The molecule has 30 heavy (non-hydrogen) atoms. The van der Waals surface area contributed by atoms with Crippen molar-refractivity contribution in [3.8, 4) is 11.5 Å². The quantitative estimate of drug-likeness (QED) is 0.203. The topological polar surface area (TPSA) is 75.8 Å². The molecule has 0 N–H and O–H groups in total. The van der Waals surface area contributed by atoms with Gasteiger partial charge < -0.3 is 28.4 Å². The molecule has 0 amide bonds. The van der Waals surface area contributed by atoms with E-state index in [1.807, 2.05) is 36.4 Å². The monoisotopic (exact) mass is 416 g/mol. The number of benzene rings is 2. The van der Waals surface area contributed by atoms with Crippen LogP contribution in [0.4, 0.5) is 0 Å². The highest BCUT2D eigenvalue weighted by atomic mass is 16.6. The van der Waals surface area contributed by atoms with E-state index < -0.39 is 5.97 Å². The van der Waals surface area contributed by atoms with Crippen LogP contribution in [0.3, 0.4) is 0 Å². The van der Waals surface area contributed by atoms with E-state index in [0.717, 1.165) is 28.9 Å². The second-order valence-electron chi connectivity index (χ2n) is 6.86. The van der Waals surface area contributed by atoms with E-state index in [1.165, 1.54) is 0 Å². The molecule has 1 aliphatic heterocycles. The van der Waals surface area contributed by atoms with Gasteiger partial charge in [-0.2, -0.15) is 0 Å². The molecule has 7 heteroatoms. The van der Waals surface area contributed by atoms with Gasteiger partial charge in [-0.3, -0.25) is 0 Å². The van der Waals surface area contributed by atoms with Crippen molar-refractivity contribution >= 4 is 16.7 Å². The Balaban J connectivity index is 1.32. The Morgan fingerprint density at radius 2 is 1.50 bits per heavy atom. The summed E-state index contributed by atoms with van der Waals surface area (Å²) in [7, 11) is 0. The molecule has 0 radical (unpaired) electrons. The fraction of sp³-hybridized carbons (Fsp3) is 0.435. The first-order valence-electron chi connectivity index (χ1n) is 10.0. The third-order valence-electron chi connectivity index (χ3n) is 4.34. The molecule has 0 aromatic heterocycles. The van der Waals surface area contributed by atoms with Crippen LogP contribution in [0.5, 0.6) is 11.5 Å². The van der Waals surface area contributed by atoms with Gasteiger partial charge in [0.1, 0.15) is 37.4 Å². The lowest BCUT2D eigenvalue weighted by Gasteiger charge is -2.13. The summed E-state index contributed by atoms with van der Waals surface area (Å²) in [4.78, 5) is 11.2. The maximum absolute atomic E-state index is 11.2. The van der Waals surface area contributed by atoms with Crippen molar-refractivity contribution in [3.05, 3.63) is 48.6 Å². The molecular weight excluding hydrogens is 388 g/mol. The summed E-state index contributed by atoms with van der Waals surface area (Å²) in [5.41, 5.74) is 0.376. The average molecular weight is 416 g/mol. The lowest BCUT2D eigenvalue weighted by molar-refractivity contribution is -0.140. The SMILES string of the molecule is C=C(C)C(=O)OCCOCCOCCOc1ccc(OCC2CO2)c2ccccc12. The molecule has 2 aromatic carbocycles. The van der Waals surface area contributed by atoms with Crippen LogP contribution in [-0.2, 0) is 23.7 Å². The molecule has 1 atom stereocenters. The first-order valence-corrected chi connectivity index (χ1v) is 10.0. The Morgan fingerprint density at radius 3 is 2.10 bits per heavy atom. The molecular formula is C23H28O7. The van der Waals surface area contributed by atoms with Crippen LogP contribution in [0.2, 0.25) is 0 Å². The van der Waals surface area contributed by atoms with Crippen molar-refractivity contribution in [2.45, 2.75) is 13.0 Å². The van der Waals surface area contributed by atoms with E-state index in [4.69, 9.17) is 28.4 Å². The lowest BCUT2D eigenvalue weighted by atomic mass is 10.1. The smallest absolute Gasteiger partial charge is 0.333 e. The van der Waals surface area contributed by atoms with E-state index in [2.05, 4.69) is 6.58 Å². The molecule has 0 saturated carbocycles. The summed E-state index contributed by atoms with van der Waals surface area (Å²) in [5.74, 6) is 1.21. The van der Waals surface area contributed by atoms with Crippen molar-refractivity contribution < 1.29 is 33.2 Å². The van der Waals surface area contributed by atoms with E-state index in [1.54, 1.807) is 6.92 Å². The summed E-state index contributed by atoms with van der Waals surface area (Å²) in [5, 5.41) is 2.01. The Bertz CT molecular complexity index is 845. The Hall–Kier alpha value is -2.61. The number of epoxide rings is 1. The number of rotatable bonds is 14. The fourth-order valence-electron chi connectivity index (χ4n) is 2.69. The van der Waals surface area contributed by atoms with Crippen molar-refractivity contribution in [2.24, 2.45) is 0 Å². The van der Waals surface area contributed by atoms with Crippen LogP contribution in [0.25, 0.3) is 10.8 Å². The Labute approximate surface area is 176 Å². The zero-order chi connectivity index (χ0) is 21.2. The molecule has 3 rings (SSSR count). The Morgan fingerprint density at radius 1 is 0.933 bits per heavy atom. The van der Waals surface area contributed by atoms with Crippen molar-refractivity contribution in [2.75, 3.05) is 52.9 Å². The minimum absolute atomic E-state index is 0.204. The molecule has 0 bridgehead atoms. The van der Waals surface area contributed by atoms with Gasteiger partial charge in [0, 0.05) is 16.3 Å². The van der Waals surface area contributed by atoms with Gasteiger partial charge in [-0.05, 0) is 19.1 Å². The first kappa shape index (κ1) is 22.1. The maximum Gasteiger partial charge on any atom is 0.333 e. The molecule has 1 unspecified atom stereocenters. The number of carbonyl (C=O) groups excluding carboxylic acids is 1. The zero-order valence-corrected chi connectivity index (χ0v) is 17.3. The molecule has 1 fully saturated rings. The first-order chi connectivity index (χ1) is 14.6. The van der Waals surface area contributed by atoms with Gasteiger partial charge in [0.2, 0.25) is 0 Å². The van der Waals surface area contributed by atoms with Crippen LogP contribution in [-0.4, -0.2) is 64.9 Å². The minimum Gasteiger partial charge on any atom is -0.491 e. The highest BCUT2D eigenvalue weighted by Crippen LogP contribution is 2.33. The summed E-state index contributed by atoms with van der Waals surface area (Å²) in [6.45, 7) is 8.72. The molecule has 7 nitrogen and oxygen atoms in total. The highest BCUT2D eigenvalue weighted by Gasteiger charge is 2.23. The maximum atomic E-state index is 11.2. The minimum atomic E-state index is -0.406. The average Bonchev–Trinajstić information content (AvgIpc) is 3.58. The normalized spacial score (nSPS) is 15.0. The van der Waals surface area contributed by atoms with Gasteiger partial charge in [-0.1, -0.05) is 30.8 Å². The third-order valence-corrected chi connectivity index (χ3v) is 4.34. The van der Waals surface area contributed by atoms with E-state index >= 15 is 0 Å². The lowest BCUT2D eigenvalue weighted by Crippen LogP contribution is -2.14. The summed E-state index contributed by atoms with van der Waals surface area (Å²) in [6.07, 6.45) is 0.215. The summed E-state index contributed by atoms with van der Waals surface area (Å²) < 4.78 is 32.8. The standard InChI is InChI=1S/C23H28O7/c1-17(2)23(24)28-14-12-26-10-9-25-11-13-27-21-7-8-22(30-16-18-15-29-18)20-6-4-3-5-19(20)21/h3-8,18H,1,9-16H2,2H3. The van der Waals surface area contributed by atoms with E-state index in [9.17, 15) is 4.79 Å². The van der Waals surface area contributed by atoms with Crippen molar-refractivity contribution in [1.29, 1.82) is 0 Å². The predicted molar refractivity (Wildman–Crippen MR) is 112 cm³/mol. The molecule has 1 saturated heterocycles. The summed E-state index contributed by atoms with van der Waals surface area (Å²) >= 11 is 0. The van der Waals surface area contributed by atoms with Gasteiger partial charge in [0.05, 0.1) is 33.0 Å². The van der Waals surface area contributed by atoms with E-state index in [0.29, 0.717) is 45.2 Å². The van der Waals surface area contributed by atoms with Crippen molar-refractivity contribution in [3.63, 3.8) is 0 Å². The number of hydrogen-bond acceptors (Lipinski definition) is 7. The Kier molecular flexibility index (Phi) is 8.50. The van der Waals surface area contributed by atoms with E-state index in [-0.39, 0.29) is 12.7 Å². The van der Waals surface area contributed by atoms with Crippen LogP contribution in [0.1, 0.15) is 6.92 Å². The fourth-order valence-corrected chi connectivity index (χ4v) is 2.69. The van der Waals surface area contributed by atoms with Crippen LogP contribution < -0.4 is 9.47 Å². The molecule has 0 aliphatic carbocycles. The van der Waals surface area contributed by atoms with Gasteiger partial charge in [0.15, 0.2) is 0 Å². The zero-order valence-electron chi connectivity index (χ0n) is 17.3. The number of hydrogen-bond donors (Lipinski definition) is 0. The molecule has 1 aliphatic rings. The molecule has 162 valence electrons. The van der Waals surface area contributed by atoms with Crippen LogP contribution in [0.15, 0.2) is 48.6 Å². The summed E-state index contributed by atoms with van der Waals surface area (Å²) in [6, 6.07) is 11.8. The second kappa shape index (κ2) is 11.5. The predicted octanol–water partition coefficient (Wildman–Crippen LogP) is 3.15. The van der Waals surface area contributed by atoms with Crippen LogP contribution >= 0.6 is 0 Å². The number of esters is 1. The number of carbonyl (C=O) groups is 1. The molecule has 1 heterocycles. The largest absolute Gasteiger partial charge is 0.491 e. The van der Waals surface area contributed by atoms with Crippen LogP contribution in [0, 0.1) is 0 Å². The van der Waals surface area contributed by atoms with Gasteiger partial charge >= 0.3 is 5.97 Å². The van der Waals surface area contributed by atoms with Gasteiger partial charge in [-0.25, -0.2) is 4.79 Å². The molecule has 2 aromatic rings. The third kappa shape index (κ3) is 7.02. The van der Waals surface area contributed by atoms with Crippen molar-refractivity contribution in [1.82, 2.24) is 0 Å². The molecule has 0 spiro atoms. The second-order valence-corrected chi connectivity index (χ2v) is 6.86.